The lowest BCUT2D eigenvalue weighted by Crippen LogP contribution is -2.21. The number of carbonyl (C=O) groups is 1. The number of ether oxygens (including phenoxy) is 1. The first kappa shape index (κ1) is 20.5. The summed E-state index contributed by atoms with van der Waals surface area (Å²) >= 11 is 0. The molecule has 0 aromatic heterocycles. The Labute approximate surface area is 133 Å². The summed E-state index contributed by atoms with van der Waals surface area (Å²) in [6, 6.07) is 0. The van der Waals surface area contributed by atoms with Crippen molar-refractivity contribution < 1.29 is 9.53 Å². The minimum atomic E-state index is -0.0117. The molecular formula is C19H38O2. The van der Waals surface area contributed by atoms with Gasteiger partial charge in [-0.2, -0.15) is 0 Å². The number of unbranched alkanes of at least 4 members (excludes halogenated alkanes) is 9. The molecule has 0 N–H and O–H groups in total. The molecule has 0 saturated carbocycles. The van der Waals surface area contributed by atoms with E-state index in [0.29, 0.717) is 12.3 Å². The molecule has 0 aliphatic rings. The van der Waals surface area contributed by atoms with Gasteiger partial charge in [0.2, 0.25) is 0 Å². The zero-order valence-corrected chi connectivity index (χ0v) is 15.0. The third kappa shape index (κ3) is 12.9. The molecule has 0 amide bonds. The third-order valence-electron chi connectivity index (χ3n) is 4.50. The number of hydrogen-bond donors (Lipinski definition) is 0. The van der Waals surface area contributed by atoms with Crippen LogP contribution >= 0.6 is 0 Å². The maximum atomic E-state index is 11.7. The zero-order valence-electron chi connectivity index (χ0n) is 15.0. The molecule has 0 bridgehead atoms. The summed E-state index contributed by atoms with van der Waals surface area (Å²) in [5.41, 5.74) is 0. The summed E-state index contributed by atoms with van der Waals surface area (Å²) in [6.07, 6.45) is 14.7. The highest BCUT2D eigenvalue weighted by molar-refractivity contribution is 5.69. The van der Waals surface area contributed by atoms with Crippen LogP contribution in [0, 0.1) is 5.92 Å². The first-order valence-electron chi connectivity index (χ1n) is 9.31. The summed E-state index contributed by atoms with van der Waals surface area (Å²) in [5.74, 6) is 0.448. The second-order valence-corrected chi connectivity index (χ2v) is 6.51. The van der Waals surface area contributed by atoms with Crippen LogP contribution in [0.3, 0.4) is 0 Å². The Balaban J connectivity index is 3.32. The molecule has 0 heterocycles. The summed E-state index contributed by atoms with van der Waals surface area (Å²) in [5, 5.41) is 0. The van der Waals surface area contributed by atoms with E-state index in [-0.39, 0.29) is 12.1 Å². The molecule has 2 unspecified atom stereocenters. The van der Waals surface area contributed by atoms with Crippen molar-refractivity contribution in [1.82, 2.24) is 0 Å². The Morgan fingerprint density at radius 3 is 1.76 bits per heavy atom. The van der Waals surface area contributed by atoms with Gasteiger partial charge in [-0.1, -0.05) is 85.0 Å². The van der Waals surface area contributed by atoms with Crippen molar-refractivity contribution >= 4 is 5.97 Å². The van der Waals surface area contributed by atoms with Crippen LogP contribution in [0.2, 0.25) is 0 Å². The van der Waals surface area contributed by atoms with Crippen molar-refractivity contribution in [1.29, 1.82) is 0 Å². The molecule has 21 heavy (non-hydrogen) atoms. The highest BCUT2D eigenvalue weighted by atomic mass is 16.5. The van der Waals surface area contributed by atoms with Crippen molar-refractivity contribution in [2.24, 2.45) is 5.92 Å². The quantitative estimate of drug-likeness (QED) is 0.279. The average Bonchev–Trinajstić information content (AvgIpc) is 2.48. The van der Waals surface area contributed by atoms with Crippen LogP contribution < -0.4 is 0 Å². The van der Waals surface area contributed by atoms with E-state index in [4.69, 9.17) is 4.74 Å². The molecule has 0 aromatic carbocycles. The molecule has 2 nitrogen and oxygen atoms in total. The molecule has 0 spiro atoms. The fourth-order valence-electron chi connectivity index (χ4n) is 2.47. The lowest BCUT2D eigenvalue weighted by molar-refractivity contribution is -0.150. The van der Waals surface area contributed by atoms with Crippen LogP contribution in [0.25, 0.3) is 0 Å². The Bertz CT molecular complexity index is 238. The Kier molecular flexibility index (Phi) is 14.0. The van der Waals surface area contributed by atoms with Crippen LogP contribution in [0.15, 0.2) is 0 Å². The Morgan fingerprint density at radius 1 is 0.810 bits per heavy atom. The molecule has 2 atom stereocenters. The van der Waals surface area contributed by atoms with Gasteiger partial charge in [-0.3, -0.25) is 4.79 Å². The summed E-state index contributed by atoms with van der Waals surface area (Å²) in [6.45, 7) is 8.54. The highest BCUT2D eigenvalue weighted by Gasteiger charge is 2.14. The fourth-order valence-corrected chi connectivity index (χ4v) is 2.47. The van der Waals surface area contributed by atoms with Crippen molar-refractivity contribution in [2.75, 3.05) is 0 Å². The van der Waals surface area contributed by atoms with E-state index in [1.54, 1.807) is 0 Å². The van der Waals surface area contributed by atoms with Gasteiger partial charge in [0, 0.05) is 6.42 Å². The van der Waals surface area contributed by atoms with E-state index >= 15 is 0 Å². The van der Waals surface area contributed by atoms with Crippen LogP contribution in [0.4, 0.5) is 0 Å². The van der Waals surface area contributed by atoms with Gasteiger partial charge in [0.05, 0.1) is 0 Å². The van der Waals surface area contributed by atoms with E-state index in [1.807, 2.05) is 6.92 Å². The number of hydrogen-bond acceptors (Lipinski definition) is 2. The topological polar surface area (TPSA) is 26.3 Å². The van der Waals surface area contributed by atoms with Gasteiger partial charge in [0.25, 0.3) is 0 Å². The van der Waals surface area contributed by atoms with E-state index in [1.165, 1.54) is 57.8 Å². The molecule has 126 valence electrons. The predicted octanol–water partition coefficient (Wildman–Crippen LogP) is 6.28. The monoisotopic (exact) mass is 298 g/mol. The summed E-state index contributed by atoms with van der Waals surface area (Å²) in [4.78, 5) is 11.7. The second-order valence-electron chi connectivity index (χ2n) is 6.51. The second kappa shape index (κ2) is 14.4. The lowest BCUT2D eigenvalue weighted by atomic mass is 10.0. The molecule has 0 saturated heterocycles. The van der Waals surface area contributed by atoms with E-state index in [2.05, 4.69) is 20.8 Å². The molecule has 2 heteroatoms. The minimum absolute atomic E-state index is 0.0117. The van der Waals surface area contributed by atoms with Gasteiger partial charge < -0.3 is 4.74 Å². The van der Waals surface area contributed by atoms with Crippen molar-refractivity contribution in [3.05, 3.63) is 0 Å². The number of esters is 1. The Morgan fingerprint density at radius 2 is 1.29 bits per heavy atom. The lowest BCUT2D eigenvalue weighted by Gasteiger charge is -2.18. The SMILES string of the molecule is CCCCCCCCCCCCC(=O)OC(C)C(C)CC. The van der Waals surface area contributed by atoms with Gasteiger partial charge in [-0.25, -0.2) is 0 Å². The number of rotatable bonds is 14. The zero-order chi connectivity index (χ0) is 15.9. The maximum absolute atomic E-state index is 11.7. The van der Waals surface area contributed by atoms with Crippen LogP contribution in [-0.2, 0) is 9.53 Å². The molecule has 0 rings (SSSR count). The molecule has 0 aromatic rings. The van der Waals surface area contributed by atoms with E-state index in [0.717, 1.165) is 12.8 Å². The van der Waals surface area contributed by atoms with Crippen LogP contribution in [-0.4, -0.2) is 12.1 Å². The first-order chi connectivity index (χ1) is 10.1. The predicted molar refractivity (Wildman–Crippen MR) is 91.5 cm³/mol. The third-order valence-corrected chi connectivity index (χ3v) is 4.50. The van der Waals surface area contributed by atoms with E-state index in [9.17, 15) is 4.79 Å². The maximum Gasteiger partial charge on any atom is 0.306 e. The van der Waals surface area contributed by atoms with Gasteiger partial charge >= 0.3 is 5.97 Å². The normalized spacial score (nSPS) is 13.9. The molecule has 0 aliphatic carbocycles. The number of carbonyl (C=O) groups excluding carboxylic acids is 1. The van der Waals surface area contributed by atoms with Crippen molar-refractivity contribution in [3.63, 3.8) is 0 Å². The van der Waals surface area contributed by atoms with Gasteiger partial charge in [0.15, 0.2) is 0 Å². The smallest absolute Gasteiger partial charge is 0.306 e. The minimum Gasteiger partial charge on any atom is -0.462 e. The summed E-state index contributed by atoms with van der Waals surface area (Å²) in [7, 11) is 0. The van der Waals surface area contributed by atoms with Crippen LogP contribution in [0.1, 0.15) is 105 Å². The van der Waals surface area contributed by atoms with E-state index < -0.39 is 0 Å². The molecular weight excluding hydrogens is 260 g/mol. The van der Waals surface area contributed by atoms with Crippen molar-refractivity contribution in [2.45, 2.75) is 111 Å². The highest BCUT2D eigenvalue weighted by Crippen LogP contribution is 2.14. The van der Waals surface area contributed by atoms with Crippen LogP contribution in [0.5, 0.6) is 0 Å². The van der Waals surface area contributed by atoms with Gasteiger partial charge in [0.1, 0.15) is 6.10 Å². The van der Waals surface area contributed by atoms with Gasteiger partial charge in [-0.15, -0.1) is 0 Å². The standard InChI is InChI=1S/C19H38O2/c1-5-7-8-9-10-11-12-13-14-15-16-19(20)21-18(4)17(3)6-2/h17-18H,5-16H2,1-4H3. The molecule has 0 aliphatic heterocycles. The molecule has 0 radical (unpaired) electrons. The average molecular weight is 299 g/mol. The fraction of sp³-hybridized carbons (Fsp3) is 0.947. The Hall–Kier alpha value is -0.530. The summed E-state index contributed by atoms with van der Waals surface area (Å²) < 4.78 is 5.45. The van der Waals surface area contributed by atoms with Gasteiger partial charge in [-0.05, 0) is 19.3 Å². The first-order valence-corrected chi connectivity index (χ1v) is 9.31. The molecule has 0 fully saturated rings. The van der Waals surface area contributed by atoms with Crippen molar-refractivity contribution in [3.8, 4) is 0 Å². The largest absolute Gasteiger partial charge is 0.462 e.